The molecule has 14 nitrogen and oxygen atoms in total. The second kappa shape index (κ2) is 12.2. The summed E-state index contributed by atoms with van der Waals surface area (Å²) < 4.78 is 53.5. The molecule has 5 rings (SSSR count). The van der Waals surface area contributed by atoms with Crippen molar-refractivity contribution in [2.75, 3.05) is 12.3 Å². The van der Waals surface area contributed by atoms with Crippen LogP contribution >= 0.6 is 7.75 Å². The average molecular weight is 617 g/mol. The van der Waals surface area contributed by atoms with E-state index in [9.17, 15) is 19.6 Å². The lowest BCUT2D eigenvalue weighted by atomic mass is 9.98. The van der Waals surface area contributed by atoms with Crippen LogP contribution in [0.25, 0.3) is 11.2 Å². The molecular weight excluding hydrogens is 586 g/mol. The maximum absolute atomic E-state index is 16.1. The third kappa shape index (κ3) is 6.60. The number of halogens is 1. The number of imidazole rings is 1. The Labute approximate surface area is 245 Å². The molecule has 2 unspecified atom stereocenters. The van der Waals surface area contributed by atoms with Gasteiger partial charge in [-0.3, -0.25) is 13.9 Å². The third-order valence-electron chi connectivity index (χ3n) is 6.69. The normalized spacial score (nSPS) is 24.0. The van der Waals surface area contributed by atoms with E-state index in [2.05, 4.69) is 20.0 Å². The first-order chi connectivity index (χ1) is 20.5. The van der Waals surface area contributed by atoms with Crippen molar-refractivity contribution < 1.29 is 42.5 Å². The third-order valence-corrected chi connectivity index (χ3v) is 8.34. The van der Waals surface area contributed by atoms with Gasteiger partial charge in [0.05, 0.1) is 12.9 Å². The molecule has 2 aromatic heterocycles. The van der Waals surface area contributed by atoms with Gasteiger partial charge in [-0.05, 0) is 31.5 Å². The highest BCUT2D eigenvalue weighted by molar-refractivity contribution is 7.52. The average Bonchev–Trinajstić information content (AvgIpc) is 3.49. The number of carboxylic acids is 1. The lowest BCUT2D eigenvalue weighted by Gasteiger charge is -2.25. The number of alkyl halides is 1. The molecule has 1 aliphatic rings. The molecule has 1 aliphatic heterocycles. The van der Waals surface area contributed by atoms with Crippen LogP contribution in [0, 0.1) is 0 Å². The molecule has 16 heteroatoms. The number of carboxylic acid groups (broad SMARTS) is 1. The van der Waals surface area contributed by atoms with E-state index in [1.54, 1.807) is 18.2 Å². The minimum absolute atomic E-state index is 0.0710. The number of aliphatic hydroxyl groups is 1. The molecule has 2 aromatic carbocycles. The Morgan fingerprint density at radius 3 is 2.56 bits per heavy atom. The van der Waals surface area contributed by atoms with Gasteiger partial charge in [0, 0.05) is 0 Å². The fourth-order valence-electron chi connectivity index (χ4n) is 4.43. The van der Waals surface area contributed by atoms with Gasteiger partial charge in [-0.25, -0.2) is 13.9 Å². The zero-order valence-electron chi connectivity index (χ0n) is 23.1. The Kier molecular flexibility index (Phi) is 8.62. The second-order valence-corrected chi connectivity index (χ2v) is 11.7. The second-order valence-electron chi connectivity index (χ2n) is 9.99. The maximum Gasteiger partial charge on any atom is 0.459 e. The fraction of sp³-hybridized carbons (Fsp3) is 0.333. The molecule has 0 spiro atoms. The van der Waals surface area contributed by atoms with Gasteiger partial charge in [0.2, 0.25) is 11.8 Å². The minimum atomic E-state index is -4.35. The van der Waals surface area contributed by atoms with E-state index in [1.807, 2.05) is 30.3 Å². The zero-order chi connectivity index (χ0) is 30.8. The van der Waals surface area contributed by atoms with E-state index in [-0.39, 0.29) is 35.3 Å². The lowest BCUT2D eigenvalue weighted by molar-refractivity contribution is -0.138. The predicted octanol–water partition coefficient (Wildman–Crippen LogP) is 3.24. The van der Waals surface area contributed by atoms with Crippen LogP contribution < -0.4 is 20.1 Å². The summed E-state index contributed by atoms with van der Waals surface area (Å²) in [7, 11) is -4.35. The van der Waals surface area contributed by atoms with Crippen LogP contribution in [-0.2, 0) is 25.2 Å². The lowest BCUT2D eigenvalue weighted by Crippen LogP contribution is -2.41. The summed E-state index contributed by atoms with van der Waals surface area (Å²) in [4.78, 5) is 24.0. The Hall–Kier alpha value is -4.14. The number of para-hydroxylation sites is 1. The number of hydrogen-bond donors (Lipinski definition) is 4. The number of nitrogens with two attached hydrogens (primary N) is 1. The number of rotatable bonds is 12. The molecule has 4 aromatic rings. The molecule has 0 aliphatic carbocycles. The van der Waals surface area contributed by atoms with Gasteiger partial charge in [0.15, 0.2) is 23.1 Å². The maximum atomic E-state index is 16.1. The number of benzene rings is 2. The number of aromatic nitrogens is 4. The predicted molar refractivity (Wildman–Crippen MR) is 151 cm³/mol. The van der Waals surface area contributed by atoms with Crippen LogP contribution in [0.5, 0.6) is 11.6 Å². The number of anilines is 1. The SMILES string of the molecule is CC(NP(=O)(OC[C@H]1O[C@@H](n2cnc3c(OCc4ccccc4)nc(N)nc32)[C@](C)(F)[C@@H]1O)Oc1ccccc1)C(=O)O. The molecule has 0 bridgehead atoms. The highest BCUT2D eigenvalue weighted by Gasteiger charge is 2.56. The van der Waals surface area contributed by atoms with Crippen molar-refractivity contribution in [3.63, 3.8) is 0 Å². The summed E-state index contributed by atoms with van der Waals surface area (Å²) in [6.07, 6.45) is -3.35. The van der Waals surface area contributed by atoms with Crippen molar-refractivity contribution in [3.8, 4) is 11.6 Å². The van der Waals surface area contributed by atoms with Crippen LogP contribution in [-0.4, -0.2) is 66.2 Å². The van der Waals surface area contributed by atoms with E-state index < -0.39 is 50.5 Å². The largest absolute Gasteiger partial charge is 0.480 e. The van der Waals surface area contributed by atoms with E-state index in [0.717, 1.165) is 12.5 Å². The van der Waals surface area contributed by atoms with Crippen LogP contribution in [0.2, 0.25) is 0 Å². The summed E-state index contributed by atoms with van der Waals surface area (Å²) in [6.45, 7) is 1.90. The zero-order valence-corrected chi connectivity index (χ0v) is 24.0. The number of hydrogen-bond acceptors (Lipinski definition) is 11. The van der Waals surface area contributed by atoms with E-state index in [1.165, 1.54) is 30.0 Å². The van der Waals surface area contributed by atoms with Gasteiger partial charge in [-0.2, -0.15) is 15.1 Å². The Bertz CT molecular complexity index is 1630. The first kappa shape index (κ1) is 30.3. The molecule has 0 amide bonds. The van der Waals surface area contributed by atoms with Crippen LogP contribution in [0.15, 0.2) is 67.0 Å². The number of ether oxygens (including phenoxy) is 2. The Morgan fingerprint density at radius 1 is 1.21 bits per heavy atom. The van der Waals surface area contributed by atoms with Crippen molar-refractivity contribution >= 4 is 30.8 Å². The van der Waals surface area contributed by atoms with Gasteiger partial charge in [0.1, 0.15) is 30.6 Å². The van der Waals surface area contributed by atoms with Crippen LogP contribution in [0.3, 0.4) is 0 Å². The van der Waals surface area contributed by atoms with Crippen LogP contribution in [0.1, 0.15) is 25.6 Å². The minimum Gasteiger partial charge on any atom is -0.480 e. The Morgan fingerprint density at radius 2 is 1.88 bits per heavy atom. The molecule has 3 heterocycles. The smallest absolute Gasteiger partial charge is 0.459 e. The van der Waals surface area contributed by atoms with Gasteiger partial charge in [0.25, 0.3) is 0 Å². The van der Waals surface area contributed by atoms with E-state index in [4.69, 9.17) is 24.3 Å². The summed E-state index contributed by atoms with van der Waals surface area (Å²) in [6, 6.07) is 15.9. The molecule has 0 saturated carbocycles. The quantitative estimate of drug-likeness (QED) is 0.170. The number of aliphatic carboxylic acids is 1. The number of nitrogens with zero attached hydrogens (tertiary/aromatic N) is 4. The van der Waals surface area contributed by atoms with E-state index >= 15 is 4.39 Å². The molecule has 0 radical (unpaired) electrons. The number of aliphatic hydroxyl groups excluding tert-OH is 1. The first-order valence-corrected chi connectivity index (χ1v) is 14.7. The molecular formula is C27H30FN6O8P. The number of nitrogens with one attached hydrogen (secondary N) is 1. The number of fused-ring (bicyclic) bond motifs is 1. The van der Waals surface area contributed by atoms with Gasteiger partial charge in [-0.1, -0.05) is 48.5 Å². The monoisotopic (exact) mass is 616 g/mol. The highest BCUT2D eigenvalue weighted by Crippen LogP contribution is 2.48. The topological polar surface area (TPSA) is 193 Å². The molecule has 1 saturated heterocycles. The molecule has 1 fully saturated rings. The number of carbonyl (C=O) groups is 1. The van der Waals surface area contributed by atoms with Crippen molar-refractivity contribution in [1.29, 1.82) is 0 Å². The summed E-state index contributed by atoms with van der Waals surface area (Å²) in [5.41, 5.74) is 4.65. The van der Waals surface area contributed by atoms with Crippen molar-refractivity contribution in [3.05, 3.63) is 72.6 Å². The van der Waals surface area contributed by atoms with Crippen LogP contribution in [0.4, 0.5) is 10.3 Å². The standard InChI is InChI=1S/C27H30FN6O8P/c1-16(24(36)37)33-43(38,42-18-11-7-4-8-12-18)40-14-19-21(35)27(2,28)25(41-19)34-15-30-20-22(34)31-26(29)32-23(20)39-13-17-9-5-3-6-10-17/h3-12,15-16,19,21,25,35H,13-14H2,1-2H3,(H,33,38)(H,36,37)(H2,29,31,32)/t16?,19-,21-,25-,27-,43?/m1/s1. The van der Waals surface area contributed by atoms with Crippen molar-refractivity contribution in [2.24, 2.45) is 0 Å². The summed E-state index contributed by atoms with van der Waals surface area (Å²) in [5, 5.41) is 22.5. The van der Waals surface area contributed by atoms with Gasteiger partial charge in [-0.15, -0.1) is 0 Å². The van der Waals surface area contributed by atoms with Gasteiger partial charge >= 0.3 is 13.7 Å². The number of nitrogen functional groups attached to an aromatic ring is 1. The highest BCUT2D eigenvalue weighted by atomic mass is 31.2. The fourth-order valence-corrected chi connectivity index (χ4v) is 5.94. The van der Waals surface area contributed by atoms with Crippen molar-refractivity contribution in [1.82, 2.24) is 24.6 Å². The molecule has 228 valence electrons. The summed E-state index contributed by atoms with van der Waals surface area (Å²) in [5.74, 6) is -1.27. The molecule has 43 heavy (non-hydrogen) atoms. The first-order valence-electron chi connectivity index (χ1n) is 13.2. The molecule has 5 N–H and O–H groups in total. The summed E-state index contributed by atoms with van der Waals surface area (Å²) >= 11 is 0. The Balaban J connectivity index is 1.36. The van der Waals surface area contributed by atoms with E-state index in [0.29, 0.717) is 0 Å². The van der Waals surface area contributed by atoms with Crippen molar-refractivity contribution in [2.45, 2.75) is 50.6 Å². The molecule has 6 atom stereocenters. The van der Waals surface area contributed by atoms with Gasteiger partial charge < -0.3 is 29.9 Å².